The summed E-state index contributed by atoms with van der Waals surface area (Å²) in [6, 6.07) is 12.6. The molecule has 0 unspecified atom stereocenters. The molecule has 2 aromatic carbocycles. The van der Waals surface area contributed by atoms with Gasteiger partial charge in [0.25, 0.3) is 0 Å². The summed E-state index contributed by atoms with van der Waals surface area (Å²) < 4.78 is 12.0. The number of carbonyl (C=O) groups is 1. The average Bonchev–Trinajstić information content (AvgIpc) is 2.45. The lowest BCUT2D eigenvalue weighted by Crippen LogP contribution is -2.10. The molecular formula is C16H15IO4. The van der Waals surface area contributed by atoms with Gasteiger partial charge in [0.2, 0.25) is 0 Å². The Morgan fingerprint density at radius 3 is 2.62 bits per heavy atom. The number of aryl methyl sites for hydroxylation is 1. The van der Waals surface area contributed by atoms with Crippen LogP contribution < -0.4 is 9.47 Å². The molecule has 110 valence electrons. The predicted molar refractivity (Wildman–Crippen MR) is 88.3 cm³/mol. The topological polar surface area (TPSA) is 55.8 Å². The Kier molecular flexibility index (Phi) is 5.44. The van der Waals surface area contributed by atoms with Crippen molar-refractivity contribution in [3.8, 4) is 11.5 Å². The van der Waals surface area contributed by atoms with Crippen LogP contribution in [0.5, 0.6) is 11.5 Å². The van der Waals surface area contributed by atoms with Gasteiger partial charge < -0.3 is 14.6 Å². The van der Waals surface area contributed by atoms with Gasteiger partial charge in [-0.05, 0) is 65.4 Å². The largest absolute Gasteiger partial charge is 0.490 e. The molecular weight excluding hydrogens is 383 g/mol. The number of rotatable bonds is 6. The van der Waals surface area contributed by atoms with Crippen LogP contribution >= 0.6 is 22.6 Å². The number of ether oxygens (including phenoxy) is 2. The summed E-state index contributed by atoms with van der Waals surface area (Å²) in [6.07, 6.45) is 0. The van der Waals surface area contributed by atoms with E-state index in [0.29, 0.717) is 19.0 Å². The number of aromatic carboxylic acids is 1. The van der Waals surface area contributed by atoms with Crippen LogP contribution in [0.4, 0.5) is 0 Å². The van der Waals surface area contributed by atoms with E-state index in [1.54, 1.807) is 12.1 Å². The normalized spacial score (nSPS) is 10.2. The maximum Gasteiger partial charge on any atom is 0.335 e. The van der Waals surface area contributed by atoms with Crippen molar-refractivity contribution in [2.24, 2.45) is 0 Å². The fourth-order valence-corrected chi connectivity index (χ4v) is 2.25. The van der Waals surface area contributed by atoms with Crippen molar-refractivity contribution < 1.29 is 19.4 Å². The highest BCUT2D eigenvalue weighted by Crippen LogP contribution is 2.22. The lowest BCUT2D eigenvalue weighted by atomic mass is 10.2. The van der Waals surface area contributed by atoms with E-state index in [1.807, 2.05) is 31.2 Å². The smallest absolute Gasteiger partial charge is 0.335 e. The Hall–Kier alpha value is -1.76. The highest BCUT2D eigenvalue weighted by Gasteiger charge is 2.08. The van der Waals surface area contributed by atoms with Gasteiger partial charge in [0.1, 0.15) is 24.7 Å². The monoisotopic (exact) mass is 398 g/mol. The quantitative estimate of drug-likeness (QED) is 0.595. The molecule has 0 heterocycles. The SMILES string of the molecule is Cc1cccc(OCCOc2cc(C(=O)O)ccc2I)c1. The number of benzene rings is 2. The first kappa shape index (κ1) is 15.6. The maximum absolute atomic E-state index is 10.9. The van der Waals surface area contributed by atoms with Crippen LogP contribution in [0.25, 0.3) is 0 Å². The van der Waals surface area contributed by atoms with Gasteiger partial charge in [-0.1, -0.05) is 12.1 Å². The van der Waals surface area contributed by atoms with E-state index in [-0.39, 0.29) is 5.56 Å². The number of halogens is 1. The van der Waals surface area contributed by atoms with Gasteiger partial charge in [0.15, 0.2) is 0 Å². The van der Waals surface area contributed by atoms with Crippen LogP contribution in [-0.2, 0) is 0 Å². The lowest BCUT2D eigenvalue weighted by Gasteiger charge is -2.10. The van der Waals surface area contributed by atoms with Gasteiger partial charge in [0.05, 0.1) is 9.13 Å². The van der Waals surface area contributed by atoms with E-state index >= 15 is 0 Å². The highest BCUT2D eigenvalue weighted by atomic mass is 127. The second kappa shape index (κ2) is 7.31. The summed E-state index contributed by atoms with van der Waals surface area (Å²) in [4.78, 5) is 10.9. The zero-order chi connectivity index (χ0) is 15.2. The molecule has 0 bridgehead atoms. The number of hydrogen-bond donors (Lipinski definition) is 1. The van der Waals surface area contributed by atoms with Crippen molar-refractivity contribution in [3.63, 3.8) is 0 Å². The third-order valence-electron chi connectivity index (χ3n) is 2.78. The van der Waals surface area contributed by atoms with Gasteiger partial charge in [-0.25, -0.2) is 4.79 Å². The summed E-state index contributed by atoms with van der Waals surface area (Å²) in [6.45, 7) is 2.76. The molecule has 0 atom stereocenters. The third-order valence-corrected chi connectivity index (χ3v) is 3.67. The van der Waals surface area contributed by atoms with Crippen LogP contribution in [0, 0.1) is 10.5 Å². The van der Waals surface area contributed by atoms with E-state index in [2.05, 4.69) is 22.6 Å². The first-order valence-corrected chi connectivity index (χ1v) is 7.49. The Morgan fingerprint density at radius 1 is 1.14 bits per heavy atom. The first-order valence-electron chi connectivity index (χ1n) is 6.41. The average molecular weight is 398 g/mol. The molecule has 2 aromatic rings. The minimum absolute atomic E-state index is 0.213. The van der Waals surface area contributed by atoms with Crippen LogP contribution in [-0.4, -0.2) is 24.3 Å². The summed E-state index contributed by atoms with van der Waals surface area (Å²) in [5, 5.41) is 8.96. The molecule has 0 spiro atoms. The van der Waals surface area contributed by atoms with E-state index in [1.165, 1.54) is 6.07 Å². The van der Waals surface area contributed by atoms with Crippen molar-refractivity contribution >= 4 is 28.6 Å². The molecule has 0 aromatic heterocycles. The van der Waals surface area contributed by atoms with E-state index in [9.17, 15) is 4.79 Å². The zero-order valence-corrected chi connectivity index (χ0v) is 13.7. The van der Waals surface area contributed by atoms with Crippen molar-refractivity contribution in [2.75, 3.05) is 13.2 Å². The van der Waals surface area contributed by atoms with Gasteiger partial charge in [0, 0.05) is 0 Å². The molecule has 2 rings (SSSR count). The van der Waals surface area contributed by atoms with E-state index in [4.69, 9.17) is 14.6 Å². The van der Waals surface area contributed by atoms with Crippen molar-refractivity contribution in [3.05, 3.63) is 57.2 Å². The Morgan fingerprint density at radius 2 is 1.90 bits per heavy atom. The molecule has 0 radical (unpaired) electrons. The summed E-state index contributed by atoms with van der Waals surface area (Å²) >= 11 is 2.11. The molecule has 21 heavy (non-hydrogen) atoms. The number of hydrogen-bond acceptors (Lipinski definition) is 3. The standard InChI is InChI=1S/C16H15IO4/c1-11-3-2-4-13(9-11)20-7-8-21-15-10-12(16(18)19)5-6-14(15)17/h2-6,9-10H,7-8H2,1H3,(H,18,19). The minimum atomic E-state index is -0.965. The minimum Gasteiger partial charge on any atom is -0.490 e. The van der Waals surface area contributed by atoms with Crippen molar-refractivity contribution in [1.29, 1.82) is 0 Å². The molecule has 0 amide bonds. The van der Waals surface area contributed by atoms with E-state index < -0.39 is 5.97 Å². The fraction of sp³-hybridized carbons (Fsp3) is 0.188. The summed E-state index contributed by atoms with van der Waals surface area (Å²) in [5.41, 5.74) is 1.35. The molecule has 0 saturated carbocycles. The summed E-state index contributed by atoms with van der Waals surface area (Å²) in [7, 11) is 0. The molecule has 0 aliphatic heterocycles. The van der Waals surface area contributed by atoms with Crippen LogP contribution in [0.1, 0.15) is 15.9 Å². The molecule has 4 nitrogen and oxygen atoms in total. The van der Waals surface area contributed by atoms with Gasteiger partial charge in [-0.3, -0.25) is 0 Å². The molecule has 0 saturated heterocycles. The Balaban J connectivity index is 1.88. The van der Waals surface area contributed by atoms with Gasteiger partial charge in [-0.15, -0.1) is 0 Å². The van der Waals surface area contributed by atoms with Crippen LogP contribution in [0.2, 0.25) is 0 Å². The zero-order valence-electron chi connectivity index (χ0n) is 11.5. The van der Waals surface area contributed by atoms with Crippen LogP contribution in [0.15, 0.2) is 42.5 Å². The molecule has 0 fully saturated rings. The van der Waals surface area contributed by atoms with Gasteiger partial charge in [-0.2, -0.15) is 0 Å². The number of carboxylic acid groups (broad SMARTS) is 1. The molecule has 0 aliphatic carbocycles. The number of carboxylic acids is 1. The fourth-order valence-electron chi connectivity index (χ4n) is 1.76. The first-order chi connectivity index (χ1) is 10.1. The highest BCUT2D eigenvalue weighted by molar-refractivity contribution is 14.1. The molecule has 0 aliphatic rings. The summed E-state index contributed by atoms with van der Waals surface area (Å²) in [5.74, 6) is 0.392. The second-order valence-electron chi connectivity index (χ2n) is 4.46. The second-order valence-corrected chi connectivity index (χ2v) is 5.63. The molecule has 1 N–H and O–H groups in total. The Labute approximate surface area is 136 Å². The van der Waals surface area contributed by atoms with Gasteiger partial charge >= 0.3 is 5.97 Å². The third kappa shape index (κ3) is 4.63. The van der Waals surface area contributed by atoms with Crippen molar-refractivity contribution in [1.82, 2.24) is 0 Å². The van der Waals surface area contributed by atoms with E-state index in [0.717, 1.165) is 14.9 Å². The Bertz CT molecular complexity index is 640. The van der Waals surface area contributed by atoms with Crippen molar-refractivity contribution in [2.45, 2.75) is 6.92 Å². The lowest BCUT2D eigenvalue weighted by molar-refractivity contribution is 0.0696. The maximum atomic E-state index is 10.9. The molecule has 5 heteroatoms. The predicted octanol–water partition coefficient (Wildman–Crippen LogP) is 3.76. The van der Waals surface area contributed by atoms with Crippen LogP contribution in [0.3, 0.4) is 0 Å².